The summed E-state index contributed by atoms with van der Waals surface area (Å²) in [6, 6.07) is 1.99. The lowest BCUT2D eigenvalue weighted by Crippen LogP contribution is -2.22. The van der Waals surface area contributed by atoms with Gasteiger partial charge in [0, 0.05) is 18.5 Å². The molecule has 1 aromatic carbocycles. The fourth-order valence-corrected chi connectivity index (χ4v) is 1.82. The molecule has 1 aromatic rings. The molecule has 0 saturated heterocycles. The maximum Gasteiger partial charge on any atom is 0.169 e. The topological polar surface area (TPSA) is 21.3 Å². The Kier molecular flexibility index (Phi) is 5.15. The summed E-state index contributed by atoms with van der Waals surface area (Å²) in [5.41, 5.74) is 0. The predicted molar refractivity (Wildman–Crippen MR) is 62.6 cm³/mol. The molecule has 0 aliphatic rings. The van der Waals surface area contributed by atoms with E-state index in [1.165, 1.54) is 6.07 Å². The lowest BCUT2D eigenvalue weighted by molar-refractivity contribution is 0.245. The Morgan fingerprint density at radius 3 is 2.69 bits per heavy atom. The van der Waals surface area contributed by atoms with E-state index in [1.807, 2.05) is 14.0 Å². The molecule has 1 rings (SSSR count). The average molecular weight is 294 g/mol. The highest BCUT2D eigenvalue weighted by Crippen LogP contribution is 2.29. The molecular weight excluding hydrogens is 280 g/mol. The zero-order chi connectivity index (χ0) is 12.1. The Bertz CT molecular complexity index is 337. The maximum absolute atomic E-state index is 13.3. The van der Waals surface area contributed by atoms with E-state index in [9.17, 15) is 8.78 Å². The highest BCUT2D eigenvalue weighted by atomic mass is 79.9. The van der Waals surface area contributed by atoms with E-state index in [-0.39, 0.29) is 11.7 Å². The van der Waals surface area contributed by atoms with E-state index in [0.29, 0.717) is 11.1 Å². The molecule has 2 nitrogen and oxygen atoms in total. The van der Waals surface area contributed by atoms with Crippen LogP contribution in [0.4, 0.5) is 8.78 Å². The smallest absolute Gasteiger partial charge is 0.169 e. The summed E-state index contributed by atoms with van der Waals surface area (Å²) in [6.07, 6.45) is 0. The average Bonchev–Trinajstić information content (AvgIpc) is 2.16. The summed E-state index contributed by atoms with van der Waals surface area (Å²) in [7, 11) is 1.84. The third-order valence-corrected chi connectivity index (χ3v) is 2.62. The molecule has 0 aliphatic carbocycles. The Morgan fingerprint density at radius 2 is 2.12 bits per heavy atom. The van der Waals surface area contributed by atoms with Gasteiger partial charge in [0.15, 0.2) is 11.6 Å². The monoisotopic (exact) mass is 293 g/mol. The van der Waals surface area contributed by atoms with Crippen molar-refractivity contribution in [3.05, 3.63) is 28.2 Å². The van der Waals surface area contributed by atoms with Gasteiger partial charge in [-0.1, -0.05) is 6.92 Å². The molecule has 1 N–H and O–H groups in total. The zero-order valence-electron chi connectivity index (χ0n) is 9.19. The van der Waals surface area contributed by atoms with Crippen LogP contribution in [0, 0.1) is 17.6 Å². The van der Waals surface area contributed by atoms with Gasteiger partial charge < -0.3 is 10.1 Å². The van der Waals surface area contributed by atoms with Crippen LogP contribution in [0.15, 0.2) is 16.6 Å². The number of ether oxygens (including phenoxy) is 1. The molecular formula is C11H14BrF2NO. The molecule has 0 saturated carbocycles. The van der Waals surface area contributed by atoms with Crippen molar-refractivity contribution in [3.63, 3.8) is 0 Å². The van der Waals surface area contributed by atoms with Crippen LogP contribution in [0.5, 0.6) is 5.75 Å². The molecule has 0 fully saturated rings. The third-order valence-electron chi connectivity index (χ3n) is 2.03. The molecule has 0 bridgehead atoms. The lowest BCUT2D eigenvalue weighted by atomic mass is 10.2. The second kappa shape index (κ2) is 6.15. The molecule has 0 aliphatic heterocycles. The summed E-state index contributed by atoms with van der Waals surface area (Å²) in [5, 5.41) is 3.00. The predicted octanol–water partition coefficient (Wildman–Crippen LogP) is 2.96. The Morgan fingerprint density at radius 1 is 1.44 bits per heavy atom. The van der Waals surface area contributed by atoms with Gasteiger partial charge in [0.2, 0.25) is 0 Å². The standard InChI is InChI=1S/C11H14BrF2NO/c1-7(5-15-2)6-16-11-9(12)3-8(13)4-10(11)14/h3-4,7,15H,5-6H2,1-2H3. The SMILES string of the molecule is CNCC(C)COc1c(F)cc(F)cc1Br. The zero-order valence-corrected chi connectivity index (χ0v) is 10.8. The van der Waals surface area contributed by atoms with Crippen LogP contribution in [0.3, 0.4) is 0 Å². The van der Waals surface area contributed by atoms with Crippen LogP contribution >= 0.6 is 15.9 Å². The van der Waals surface area contributed by atoms with Crippen molar-refractivity contribution in [2.24, 2.45) is 5.92 Å². The van der Waals surface area contributed by atoms with Crippen molar-refractivity contribution in [2.45, 2.75) is 6.92 Å². The molecule has 0 heterocycles. The fourth-order valence-electron chi connectivity index (χ4n) is 1.30. The van der Waals surface area contributed by atoms with E-state index >= 15 is 0 Å². The highest BCUT2D eigenvalue weighted by molar-refractivity contribution is 9.10. The van der Waals surface area contributed by atoms with Gasteiger partial charge in [-0.25, -0.2) is 8.78 Å². The van der Waals surface area contributed by atoms with Crippen LogP contribution in [0.25, 0.3) is 0 Å². The minimum atomic E-state index is -0.691. The summed E-state index contributed by atoms with van der Waals surface area (Å²) in [5.74, 6) is -1.01. The third kappa shape index (κ3) is 3.72. The van der Waals surface area contributed by atoms with E-state index in [0.717, 1.165) is 12.6 Å². The number of halogens is 3. The van der Waals surface area contributed by atoms with E-state index in [1.54, 1.807) is 0 Å². The van der Waals surface area contributed by atoms with Crippen LogP contribution in [0.2, 0.25) is 0 Å². The maximum atomic E-state index is 13.3. The van der Waals surface area contributed by atoms with Crippen molar-refractivity contribution in [2.75, 3.05) is 20.2 Å². The van der Waals surface area contributed by atoms with Crippen LogP contribution in [-0.4, -0.2) is 20.2 Å². The van der Waals surface area contributed by atoms with Crippen LogP contribution in [0.1, 0.15) is 6.92 Å². The molecule has 90 valence electrons. The minimum Gasteiger partial charge on any atom is -0.489 e. The van der Waals surface area contributed by atoms with E-state index in [2.05, 4.69) is 21.2 Å². The second-order valence-electron chi connectivity index (χ2n) is 3.67. The van der Waals surface area contributed by atoms with Gasteiger partial charge in [0.25, 0.3) is 0 Å². The lowest BCUT2D eigenvalue weighted by Gasteiger charge is -2.14. The Labute approximate surface area is 102 Å². The first-order valence-electron chi connectivity index (χ1n) is 4.96. The summed E-state index contributed by atoms with van der Waals surface area (Å²) in [4.78, 5) is 0. The Hall–Kier alpha value is -0.680. The molecule has 0 radical (unpaired) electrons. The first-order valence-corrected chi connectivity index (χ1v) is 5.75. The van der Waals surface area contributed by atoms with Gasteiger partial charge in [-0.15, -0.1) is 0 Å². The van der Waals surface area contributed by atoms with Crippen molar-refractivity contribution in [1.29, 1.82) is 0 Å². The van der Waals surface area contributed by atoms with Gasteiger partial charge in [-0.05, 0) is 29.0 Å². The van der Waals surface area contributed by atoms with Gasteiger partial charge >= 0.3 is 0 Å². The molecule has 1 unspecified atom stereocenters. The summed E-state index contributed by atoms with van der Waals surface area (Å²) < 4.78 is 31.7. The normalized spacial score (nSPS) is 12.6. The largest absolute Gasteiger partial charge is 0.489 e. The first-order chi connectivity index (χ1) is 7.54. The van der Waals surface area contributed by atoms with Crippen molar-refractivity contribution < 1.29 is 13.5 Å². The van der Waals surface area contributed by atoms with Gasteiger partial charge in [-0.3, -0.25) is 0 Å². The number of hydrogen-bond donors (Lipinski definition) is 1. The second-order valence-corrected chi connectivity index (χ2v) is 4.53. The number of benzene rings is 1. The summed E-state index contributed by atoms with van der Waals surface area (Å²) in [6.45, 7) is 3.13. The van der Waals surface area contributed by atoms with Crippen LogP contribution < -0.4 is 10.1 Å². The fraction of sp³-hybridized carbons (Fsp3) is 0.455. The number of hydrogen-bond acceptors (Lipinski definition) is 2. The van der Waals surface area contributed by atoms with Crippen molar-refractivity contribution >= 4 is 15.9 Å². The number of nitrogens with one attached hydrogen (secondary N) is 1. The quantitative estimate of drug-likeness (QED) is 0.901. The van der Waals surface area contributed by atoms with Crippen molar-refractivity contribution in [3.8, 4) is 5.75 Å². The minimum absolute atomic E-state index is 0.0596. The molecule has 0 aromatic heterocycles. The highest BCUT2D eigenvalue weighted by Gasteiger charge is 2.12. The molecule has 16 heavy (non-hydrogen) atoms. The molecule has 5 heteroatoms. The van der Waals surface area contributed by atoms with Crippen LogP contribution in [-0.2, 0) is 0 Å². The molecule has 1 atom stereocenters. The van der Waals surface area contributed by atoms with Crippen molar-refractivity contribution in [1.82, 2.24) is 5.32 Å². The molecule has 0 spiro atoms. The van der Waals surface area contributed by atoms with Gasteiger partial charge in [0.05, 0.1) is 11.1 Å². The van der Waals surface area contributed by atoms with E-state index in [4.69, 9.17) is 4.74 Å². The van der Waals surface area contributed by atoms with E-state index < -0.39 is 11.6 Å². The van der Waals surface area contributed by atoms with Gasteiger partial charge in [0.1, 0.15) is 5.82 Å². The summed E-state index contributed by atoms with van der Waals surface area (Å²) >= 11 is 3.07. The van der Waals surface area contributed by atoms with Gasteiger partial charge in [-0.2, -0.15) is 0 Å². The molecule has 0 amide bonds. The number of rotatable bonds is 5. The first kappa shape index (κ1) is 13.4. The Balaban J connectivity index is 2.67.